The van der Waals surface area contributed by atoms with Gasteiger partial charge in [-0.3, -0.25) is 4.90 Å². The Morgan fingerprint density at radius 1 is 1.12 bits per heavy atom. The molecule has 3 nitrogen and oxygen atoms in total. The first-order chi connectivity index (χ1) is 7.37. The molecule has 16 heavy (non-hydrogen) atoms. The summed E-state index contributed by atoms with van der Waals surface area (Å²) in [5.41, 5.74) is 0.450. The predicted octanol–water partition coefficient (Wildman–Crippen LogP) is 1.88. The van der Waals surface area contributed by atoms with Gasteiger partial charge in [-0.05, 0) is 40.7 Å². The Kier molecular flexibility index (Phi) is 4.77. The summed E-state index contributed by atoms with van der Waals surface area (Å²) in [6.07, 6.45) is 1.16. The number of rotatable bonds is 5. The SMILES string of the molecule is CCNC(C)(C)CC(C)(C)N1CCOCC1. The van der Waals surface area contributed by atoms with Crippen LogP contribution >= 0.6 is 0 Å². The molecule has 1 fully saturated rings. The largest absolute Gasteiger partial charge is 0.379 e. The highest BCUT2D eigenvalue weighted by molar-refractivity contribution is 4.92. The molecule has 0 saturated carbocycles. The van der Waals surface area contributed by atoms with Crippen LogP contribution in [0.25, 0.3) is 0 Å². The van der Waals surface area contributed by atoms with Crippen molar-refractivity contribution in [2.45, 2.75) is 52.1 Å². The number of hydrogen-bond donors (Lipinski definition) is 1. The molecule has 3 heteroatoms. The highest BCUT2D eigenvalue weighted by atomic mass is 16.5. The van der Waals surface area contributed by atoms with Gasteiger partial charge in [0, 0.05) is 24.2 Å². The van der Waals surface area contributed by atoms with Gasteiger partial charge >= 0.3 is 0 Å². The van der Waals surface area contributed by atoms with E-state index in [4.69, 9.17) is 4.74 Å². The molecular formula is C13H28N2O. The Morgan fingerprint density at radius 3 is 2.19 bits per heavy atom. The van der Waals surface area contributed by atoms with E-state index in [1.807, 2.05) is 0 Å². The van der Waals surface area contributed by atoms with Gasteiger partial charge in [0.1, 0.15) is 0 Å². The average Bonchev–Trinajstić information content (AvgIpc) is 2.17. The third kappa shape index (κ3) is 4.04. The molecule has 1 saturated heterocycles. The van der Waals surface area contributed by atoms with Gasteiger partial charge in [0.25, 0.3) is 0 Å². The van der Waals surface area contributed by atoms with E-state index in [9.17, 15) is 0 Å². The summed E-state index contributed by atoms with van der Waals surface area (Å²) in [7, 11) is 0. The molecule has 0 unspecified atom stereocenters. The van der Waals surface area contributed by atoms with Crippen LogP contribution in [0.4, 0.5) is 0 Å². The lowest BCUT2D eigenvalue weighted by Crippen LogP contribution is -2.55. The zero-order valence-electron chi connectivity index (χ0n) is 11.6. The second kappa shape index (κ2) is 5.48. The maximum atomic E-state index is 5.42. The van der Waals surface area contributed by atoms with Crippen LogP contribution in [-0.2, 0) is 4.74 Å². The van der Waals surface area contributed by atoms with Crippen LogP contribution in [0, 0.1) is 0 Å². The van der Waals surface area contributed by atoms with Gasteiger partial charge in [0.15, 0.2) is 0 Å². The van der Waals surface area contributed by atoms with Crippen LogP contribution in [0.3, 0.4) is 0 Å². The van der Waals surface area contributed by atoms with E-state index >= 15 is 0 Å². The Labute approximate surface area is 101 Å². The van der Waals surface area contributed by atoms with Crippen molar-refractivity contribution in [3.63, 3.8) is 0 Å². The standard InChI is InChI=1S/C13H28N2O/c1-6-14-12(2,3)11-13(4,5)15-7-9-16-10-8-15/h14H,6-11H2,1-5H3. The van der Waals surface area contributed by atoms with Crippen molar-refractivity contribution in [1.29, 1.82) is 0 Å². The third-order valence-corrected chi connectivity index (χ3v) is 3.40. The Morgan fingerprint density at radius 2 is 1.69 bits per heavy atom. The quantitative estimate of drug-likeness (QED) is 0.777. The number of hydrogen-bond acceptors (Lipinski definition) is 3. The van der Waals surface area contributed by atoms with Crippen molar-refractivity contribution in [2.75, 3.05) is 32.8 Å². The summed E-state index contributed by atoms with van der Waals surface area (Å²) >= 11 is 0. The minimum atomic E-state index is 0.205. The molecule has 1 aliphatic heterocycles. The molecule has 0 aromatic carbocycles. The van der Waals surface area contributed by atoms with Crippen LogP contribution < -0.4 is 5.32 Å². The Hall–Kier alpha value is -0.120. The Balaban J connectivity index is 2.54. The summed E-state index contributed by atoms with van der Waals surface area (Å²) < 4.78 is 5.42. The first kappa shape index (κ1) is 13.9. The van der Waals surface area contributed by atoms with E-state index in [2.05, 4.69) is 44.8 Å². The molecule has 0 aromatic rings. The normalized spacial score (nSPS) is 20.1. The molecule has 1 N–H and O–H groups in total. The molecule has 1 heterocycles. The summed E-state index contributed by atoms with van der Waals surface area (Å²) in [6.45, 7) is 16.4. The van der Waals surface area contributed by atoms with Crippen LogP contribution in [0.1, 0.15) is 41.0 Å². The maximum absolute atomic E-state index is 5.42. The summed E-state index contributed by atoms with van der Waals surface area (Å²) in [5, 5.41) is 3.56. The molecule has 0 amide bonds. The van der Waals surface area contributed by atoms with Crippen molar-refractivity contribution in [3.05, 3.63) is 0 Å². The Bertz CT molecular complexity index is 208. The van der Waals surface area contributed by atoms with Crippen LogP contribution in [0.15, 0.2) is 0 Å². The summed E-state index contributed by atoms with van der Waals surface area (Å²) in [5.74, 6) is 0. The zero-order chi connectivity index (χ0) is 12.2. The first-order valence-corrected chi connectivity index (χ1v) is 6.45. The predicted molar refractivity (Wildman–Crippen MR) is 68.8 cm³/mol. The van der Waals surface area contributed by atoms with E-state index in [1.165, 1.54) is 0 Å². The van der Waals surface area contributed by atoms with Crippen LogP contribution in [0.2, 0.25) is 0 Å². The van der Waals surface area contributed by atoms with Gasteiger partial charge < -0.3 is 10.1 Å². The molecule has 0 aliphatic carbocycles. The highest BCUT2D eigenvalue weighted by Gasteiger charge is 2.33. The van der Waals surface area contributed by atoms with E-state index in [-0.39, 0.29) is 11.1 Å². The van der Waals surface area contributed by atoms with Gasteiger partial charge in [-0.2, -0.15) is 0 Å². The molecule has 1 aliphatic rings. The molecule has 1 rings (SSSR count). The highest BCUT2D eigenvalue weighted by Crippen LogP contribution is 2.26. The topological polar surface area (TPSA) is 24.5 Å². The third-order valence-electron chi connectivity index (χ3n) is 3.40. The number of morpholine rings is 1. The second-order valence-corrected chi connectivity index (χ2v) is 6.00. The zero-order valence-corrected chi connectivity index (χ0v) is 11.6. The lowest BCUT2D eigenvalue weighted by atomic mass is 9.85. The minimum absolute atomic E-state index is 0.205. The monoisotopic (exact) mass is 228 g/mol. The van der Waals surface area contributed by atoms with Gasteiger partial charge in [-0.1, -0.05) is 6.92 Å². The van der Waals surface area contributed by atoms with Gasteiger partial charge in [0.2, 0.25) is 0 Å². The van der Waals surface area contributed by atoms with E-state index in [1.54, 1.807) is 0 Å². The smallest absolute Gasteiger partial charge is 0.0594 e. The number of nitrogens with zero attached hydrogens (tertiary/aromatic N) is 1. The van der Waals surface area contributed by atoms with Gasteiger partial charge in [-0.25, -0.2) is 0 Å². The fourth-order valence-corrected chi connectivity index (χ4v) is 2.90. The molecule has 96 valence electrons. The molecular weight excluding hydrogens is 200 g/mol. The number of nitrogens with one attached hydrogen (secondary N) is 1. The number of ether oxygens (including phenoxy) is 1. The molecule has 0 spiro atoms. The minimum Gasteiger partial charge on any atom is -0.379 e. The fourth-order valence-electron chi connectivity index (χ4n) is 2.90. The van der Waals surface area contributed by atoms with Crippen molar-refractivity contribution < 1.29 is 4.74 Å². The average molecular weight is 228 g/mol. The molecule has 0 radical (unpaired) electrons. The lowest BCUT2D eigenvalue weighted by molar-refractivity contribution is -0.0202. The molecule has 0 aromatic heterocycles. The van der Waals surface area contributed by atoms with Crippen molar-refractivity contribution in [1.82, 2.24) is 10.2 Å². The summed E-state index contributed by atoms with van der Waals surface area (Å²) in [6, 6.07) is 0. The van der Waals surface area contributed by atoms with Crippen molar-refractivity contribution in [2.24, 2.45) is 0 Å². The first-order valence-electron chi connectivity index (χ1n) is 6.45. The van der Waals surface area contributed by atoms with Gasteiger partial charge in [-0.15, -0.1) is 0 Å². The fraction of sp³-hybridized carbons (Fsp3) is 1.00. The van der Waals surface area contributed by atoms with E-state index in [0.29, 0.717) is 0 Å². The van der Waals surface area contributed by atoms with Crippen LogP contribution in [0.5, 0.6) is 0 Å². The second-order valence-electron chi connectivity index (χ2n) is 6.00. The van der Waals surface area contributed by atoms with Crippen LogP contribution in [-0.4, -0.2) is 48.8 Å². The van der Waals surface area contributed by atoms with E-state index < -0.39 is 0 Å². The van der Waals surface area contributed by atoms with Crippen molar-refractivity contribution in [3.8, 4) is 0 Å². The van der Waals surface area contributed by atoms with Crippen molar-refractivity contribution >= 4 is 0 Å². The lowest BCUT2D eigenvalue weighted by Gasteiger charge is -2.45. The van der Waals surface area contributed by atoms with Gasteiger partial charge in [0.05, 0.1) is 13.2 Å². The maximum Gasteiger partial charge on any atom is 0.0594 e. The molecule has 0 atom stereocenters. The van der Waals surface area contributed by atoms with E-state index in [0.717, 1.165) is 39.3 Å². The molecule has 0 bridgehead atoms. The summed E-state index contributed by atoms with van der Waals surface area (Å²) in [4.78, 5) is 2.55.